The molecule has 4 aliphatic rings. The number of guanidine groups is 1. The highest BCUT2D eigenvalue weighted by molar-refractivity contribution is 14.0. The third-order valence-electron chi connectivity index (χ3n) is 7.01. The zero-order valence-electron chi connectivity index (χ0n) is 17.1. The number of carbonyl (C=O) groups excluding carboxylic acids is 1. The lowest BCUT2D eigenvalue weighted by atomic mass is 9.54. The first-order chi connectivity index (χ1) is 13.1. The minimum atomic E-state index is 0. The normalized spacial score (nSPS) is 31.6. The van der Waals surface area contributed by atoms with Gasteiger partial charge in [-0.25, -0.2) is 4.99 Å². The van der Waals surface area contributed by atoms with Gasteiger partial charge in [0, 0.05) is 57.3 Å². The highest BCUT2D eigenvalue weighted by Crippen LogP contribution is 2.60. The summed E-state index contributed by atoms with van der Waals surface area (Å²) in [5.41, 5.74) is 0.269. The van der Waals surface area contributed by atoms with Gasteiger partial charge in [0.05, 0.1) is 6.10 Å². The molecule has 0 aromatic carbocycles. The minimum Gasteiger partial charge on any atom is -0.381 e. The molecular formula is C20H35IN4O3. The summed E-state index contributed by atoms with van der Waals surface area (Å²) >= 11 is 0. The Kier molecular flexibility index (Phi) is 7.47. The second-order valence-electron chi connectivity index (χ2n) is 8.79. The van der Waals surface area contributed by atoms with Crippen LogP contribution in [0, 0.1) is 11.3 Å². The van der Waals surface area contributed by atoms with Crippen molar-refractivity contribution in [3.8, 4) is 0 Å². The summed E-state index contributed by atoms with van der Waals surface area (Å²) in [6, 6.07) is 0.766. The molecule has 160 valence electrons. The van der Waals surface area contributed by atoms with Crippen LogP contribution in [0.3, 0.4) is 0 Å². The van der Waals surface area contributed by atoms with Gasteiger partial charge in [-0.1, -0.05) is 12.8 Å². The molecule has 7 nitrogen and oxygen atoms in total. The Morgan fingerprint density at radius 1 is 1.11 bits per heavy atom. The van der Waals surface area contributed by atoms with Crippen LogP contribution in [0.25, 0.3) is 0 Å². The van der Waals surface area contributed by atoms with E-state index in [4.69, 9.17) is 9.47 Å². The maximum absolute atomic E-state index is 12.1. The Morgan fingerprint density at radius 2 is 1.82 bits per heavy atom. The second kappa shape index (κ2) is 9.47. The highest BCUT2D eigenvalue weighted by atomic mass is 127. The Labute approximate surface area is 185 Å². The van der Waals surface area contributed by atoms with Crippen molar-refractivity contribution >= 4 is 35.8 Å². The summed E-state index contributed by atoms with van der Waals surface area (Å²) < 4.78 is 11.6. The van der Waals surface area contributed by atoms with E-state index < -0.39 is 0 Å². The number of carbonyl (C=O) groups is 1. The molecule has 8 heteroatoms. The molecule has 0 bridgehead atoms. The summed E-state index contributed by atoms with van der Waals surface area (Å²) in [7, 11) is 3.55. The summed E-state index contributed by atoms with van der Waals surface area (Å²) in [6.07, 6.45) is 8.59. The Morgan fingerprint density at radius 3 is 2.50 bits per heavy atom. The molecule has 1 spiro atoms. The minimum absolute atomic E-state index is 0. The number of fused-ring (bicyclic) bond motifs is 2. The summed E-state index contributed by atoms with van der Waals surface area (Å²) in [4.78, 5) is 18.3. The van der Waals surface area contributed by atoms with Crippen molar-refractivity contribution in [1.29, 1.82) is 0 Å². The zero-order chi connectivity index (χ0) is 18.9. The fourth-order valence-electron chi connectivity index (χ4n) is 5.51. The number of nitrogens with zero attached hydrogens (tertiary/aromatic N) is 2. The molecule has 28 heavy (non-hydrogen) atoms. The lowest BCUT2D eigenvalue weighted by molar-refractivity contribution is -0.127. The number of aliphatic imine (C=N–C) groups is 1. The molecule has 0 aromatic rings. The first-order valence-electron chi connectivity index (χ1n) is 10.6. The Balaban J connectivity index is 0.00000225. The number of halogens is 1. The fourth-order valence-corrected chi connectivity index (χ4v) is 5.51. The number of hydrogen-bond donors (Lipinski definition) is 2. The molecule has 1 amide bonds. The van der Waals surface area contributed by atoms with Gasteiger partial charge < -0.3 is 25.0 Å². The number of ether oxygens (including phenoxy) is 2. The van der Waals surface area contributed by atoms with E-state index in [1.54, 1.807) is 19.0 Å². The van der Waals surface area contributed by atoms with Gasteiger partial charge in [-0.2, -0.15) is 0 Å². The van der Waals surface area contributed by atoms with E-state index >= 15 is 0 Å². The second-order valence-corrected chi connectivity index (χ2v) is 8.79. The van der Waals surface area contributed by atoms with Crippen molar-refractivity contribution in [3.05, 3.63) is 0 Å². The van der Waals surface area contributed by atoms with E-state index in [1.807, 2.05) is 0 Å². The van der Waals surface area contributed by atoms with Gasteiger partial charge in [-0.15, -0.1) is 24.0 Å². The molecule has 2 aliphatic heterocycles. The number of amides is 1. The largest absolute Gasteiger partial charge is 0.381 e. The van der Waals surface area contributed by atoms with E-state index in [0.717, 1.165) is 45.0 Å². The molecule has 4 rings (SSSR count). The number of hydrogen-bond acceptors (Lipinski definition) is 4. The van der Waals surface area contributed by atoms with E-state index in [0.29, 0.717) is 24.1 Å². The summed E-state index contributed by atoms with van der Waals surface area (Å²) in [5, 5.41) is 7.33. The molecule has 3 atom stereocenters. The number of likely N-dealkylation sites (N-methyl/N-ethyl adjacent to an activating group) is 1. The van der Waals surface area contributed by atoms with E-state index in [2.05, 4.69) is 15.6 Å². The standard InChI is InChI=1S/C20H34N4O3.HI/c1-24(2)16(25)13-21-19(22-14-5-10-26-11-6-14)23-17-15-7-12-27-18(15)20(17)8-3-4-9-20;/h14-15,17-18H,3-13H2,1-2H3,(H2,21,22,23);1H. The third kappa shape index (κ3) is 4.28. The van der Waals surface area contributed by atoms with Crippen molar-refractivity contribution in [2.75, 3.05) is 40.5 Å². The van der Waals surface area contributed by atoms with Crippen molar-refractivity contribution in [1.82, 2.24) is 15.5 Å². The zero-order valence-corrected chi connectivity index (χ0v) is 19.4. The first kappa shape index (κ1) is 22.1. The van der Waals surface area contributed by atoms with Crippen LogP contribution in [0.1, 0.15) is 44.9 Å². The maximum atomic E-state index is 12.1. The van der Waals surface area contributed by atoms with Gasteiger partial charge in [0.1, 0.15) is 6.54 Å². The van der Waals surface area contributed by atoms with Crippen LogP contribution in [0.5, 0.6) is 0 Å². The summed E-state index contributed by atoms with van der Waals surface area (Å²) in [5.74, 6) is 1.39. The van der Waals surface area contributed by atoms with Gasteiger partial charge in [-0.05, 0) is 32.1 Å². The molecule has 2 heterocycles. The molecule has 0 aromatic heterocycles. The van der Waals surface area contributed by atoms with Gasteiger partial charge in [-0.3, -0.25) is 4.79 Å². The number of nitrogens with one attached hydrogen (secondary N) is 2. The molecule has 2 saturated heterocycles. The fraction of sp³-hybridized carbons (Fsp3) is 0.900. The lowest BCUT2D eigenvalue weighted by Gasteiger charge is -2.57. The predicted molar refractivity (Wildman–Crippen MR) is 119 cm³/mol. The van der Waals surface area contributed by atoms with Crippen molar-refractivity contribution < 1.29 is 14.3 Å². The SMILES string of the molecule is CN(C)C(=O)CN=C(NC1CCOCC1)NC1C2CCOC2C12CCCC2.I. The van der Waals surface area contributed by atoms with Crippen molar-refractivity contribution in [2.24, 2.45) is 16.3 Å². The lowest BCUT2D eigenvalue weighted by Crippen LogP contribution is -2.69. The maximum Gasteiger partial charge on any atom is 0.243 e. The van der Waals surface area contributed by atoms with Crippen LogP contribution in [0.4, 0.5) is 0 Å². The monoisotopic (exact) mass is 506 g/mol. The average molecular weight is 506 g/mol. The molecular weight excluding hydrogens is 471 g/mol. The highest BCUT2D eigenvalue weighted by Gasteiger charge is 2.65. The van der Waals surface area contributed by atoms with Crippen LogP contribution < -0.4 is 10.6 Å². The van der Waals surface area contributed by atoms with E-state index in [1.165, 1.54) is 25.7 Å². The topological polar surface area (TPSA) is 75.2 Å². The van der Waals surface area contributed by atoms with Gasteiger partial charge >= 0.3 is 0 Å². The van der Waals surface area contributed by atoms with Crippen LogP contribution >= 0.6 is 24.0 Å². The Hall–Kier alpha value is -0.610. The van der Waals surface area contributed by atoms with Gasteiger partial charge in [0.15, 0.2) is 5.96 Å². The molecule has 0 radical (unpaired) electrons. The molecule has 3 unspecified atom stereocenters. The van der Waals surface area contributed by atoms with Crippen molar-refractivity contribution in [2.45, 2.75) is 63.1 Å². The molecule has 2 N–H and O–H groups in total. The van der Waals surface area contributed by atoms with Crippen molar-refractivity contribution in [3.63, 3.8) is 0 Å². The Bertz CT molecular complexity index is 574. The van der Waals surface area contributed by atoms with Crippen LogP contribution in [0.15, 0.2) is 4.99 Å². The van der Waals surface area contributed by atoms with Crippen LogP contribution in [-0.4, -0.2) is 75.4 Å². The summed E-state index contributed by atoms with van der Waals surface area (Å²) in [6.45, 7) is 2.63. The van der Waals surface area contributed by atoms with E-state index in [9.17, 15) is 4.79 Å². The number of rotatable bonds is 4. The van der Waals surface area contributed by atoms with E-state index in [-0.39, 0.29) is 41.8 Å². The van der Waals surface area contributed by atoms with Gasteiger partial charge in [0.25, 0.3) is 0 Å². The molecule has 2 aliphatic carbocycles. The molecule has 2 saturated carbocycles. The average Bonchev–Trinajstić information content (AvgIpc) is 3.33. The third-order valence-corrected chi connectivity index (χ3v) is 7.01. The van der Waals surface area contributed by atoms with Crippen LogP contribution in [-0.2, 0) is 14.3 Å². The smallest absolute Gasteiger partial charge is 0.243 e. The van der Waals surface area contributed by atoms with Gasteiger partial charge in [0.2, 0.25) is 5.91 Å². The predicted octanol–water partition coefficient (Wildman–Crippen LogP) is 1.75. The van der Waals surface area contributed by atoms with Crippen LogP contribution in [0.2, 0.25) is 0 Å². The molecule has 4 fully saturated rings. The first-order valence-corrected chi connectivity index (χ1v) is 10.6. The quantitative estimate of drug-likeness (QED) is 0.346.